The Balaban J connectivity index is 3.97. The van der Waals surface area contributed by atoms with Crippen molar-refractivity contribution in [2.24, 2.45) is 0 Å². The maximum Gasteiger partial charge on any atom is 0.237 e. The first-order valence-electron chi connectivity index (χ1n) is 6.11. The van der Waals surface area contributed by atoms with E-state index in [-0.39, 0.29) is 11.9 Å². The number of amides is 1. The van der Waals surface area contributed by atoms with Gasteiger partial charge in [0.15, 0.2) is 0 Å². The van der Waals surface area contributed by atoms with Crippen molar-refractivity contribution in [3.63, 3.8) is 0 Å². The molecule has 0 saturated heterocycles. The second-order valence-electron chi connectivity index (χ2n) is 4.22. The first kappa shape index (κ1) is 14.4. The molecule has 0 aromatic rings. The van der Waals surface area contributed by atoms with Crippen molar-refractivity contribution in [1.29, 1.82) is 0 Å². The van der Waals surface area contributed by atoms with E-state index in [0.29, 0.717) is 12.1 Å². The molecule has 0 rings (SSSR count). The second kappa shape index (κ2) is 7.69. The van der Waals surface area contributed by atoms with Gasteiger partial charge < -0.3 is 10.6 Å². The van der Waals surface area contributed by atoms with E-state index in [1.165, 1.54) is 0 Å². The highest BCUT2D eigenvalue weighted by Gasteiger charge is 2.16. The van der Waals surface area contributed by atoms with Gasteiger partial charge in [-0.1, -0.05) is 20.8 Å². The SMILES string of the molecule is CCC(C)NC(C)C(=O)NC(CC)CC. The zero-order valence-electron chi connectivity index (χ0n) is 10.8. The van der Waals surface area contributed by atoms with Crippen LogP contribution in [-0.2, 0) is 4.79 Å². The highest BCUT2D eigenvalue weighted by molar-refractivity contribution is 5.81. The van der Waals surface area contributed by atoms with Crippen molar-refractivity contribution in [2.45, 2.75) is 72.0 Å². The molecule has 0 aromatic heterocycles. The number of carbonyl (C=O) groups excluding carboxylic acids is 1. The van der Waals surface area contributed by atoms with E-state index in [4.69, 9.17) is 0 Å². The van der Waals surface area contributed by atoms with Crippen molar-refractivity contribution in [2.75, 3.05) is 0 Å². The average molecular weight is 214 g/mol. The molecule has 0 aliphatic rings. The van der Waals surface area contributed by atoms with E-state index in [9.17, 15) is 4.79 Å². The molecule has 90 valence electrons. The van der Waals surface area contributed by atoms with E-state index in [2.05, 4.69) is 38.3 Å². The van der Waals surface area contributed by atoms with Gasteiger partial charge in [0, 0.05) is 12.1 Å². The lowest BCUT2D eigenvalue weighted by Gasteiger charge is -2.21. The summed E-state index contributed by atoms with van der Waals surface area (Å²) >= 11 is 0. The Morgan fingerprint density at radius 1 is 1.07 bits per heavy atom. The van der Waals surface area contributed by atoms with Gasteiger partial charge in [0.25, 0.3) is 0 Å². The van der Waals surface area contributed by atoms with Crippen LogP contribution in [-0.4, -0.2) is 24.0 Å². The molecule has 15 heavy (non-hydrogen) atoms. The predicted octanol–water partition coefficient (Wildman–Crippen LogP) is 2.07. The monoisotopic (exact) mass is 214 g/mol. The Kier molecular flexibility index (Phi) is 7.39. The minimum absolute atomic E-state index is 0.0967. The Morgan fingerprint density at radius 3 is 2.00 bits per heavy atom. The average Bonchev–Trinajstić information content (AvgIpc) is 2.24. The van der Waals surface area contributed by atoms with Crippen molar-refractivity contribution >= 4 is 5.91 Å². The summed E-state index contributed by atoms with van der Waals surface area (Å²) in [5, 5.41) is 6.31. The van der Waals surface area contributed by atoms with Gasteiger partial charge in [0.05, 0.1) is 6.04 Å². The van der Waals surface area contributed by atoms with E-state index in [1.807, 2.05) is 6.92 Å². The molecule has 1 amide bonds. The van der Waals surface area contributed by atoms with Crippen LogP contribution >= 0.6 is 0 Å². The van der Waals surface area contributed by atoms with E-state index < -0.39 is 0 Å². The van der Waals surface area contributed by atoms with Gasteiger partial charge in [0.2, 0.25) is 5.91 Å². The van der Waals surface area contributed by atoms with Crippen LogP contribution in [0, 0.1) is 0 Å². The summed E-state index contributed by atoms with van der Waals surface area (Å²) in [5.41, 5.74) is 0. The highest BCUT2D eigenvalue weighted by Crippen LogP contribution is 1.98. The molecule has 3 heteroatoms. The topological polar surface area (TPSA) is 41.1 Å². The number of carbonyl (C=O) groups is 1. The summed E-state index contributed by atoms with van der Waals surface area (Å²) in [4.78, 5) is 11.7. The fraction of sp³-hybridized carbons (Fsp3) is 0.917. The molecule has 2 atom stereocenters. The predicted molar refractivity (Wildman–Crippen MR) is 64.9 cm³/mol. The molecule has 0 aliphatic carbocycles. The van der Waals surface area contributed by atoms with Crippen molar-refractivity contribution in [3.8, 4) is 0 Å². The smallest absolute Gasteiger partial charge is 0.237 e. The number of nitrogens with one attached hydrogen (secondary N) is 2. The maximum atomic E-state index is 11.7. The molecule has 2 N–H and O–H groups in total. The van der Waals surface area contributed by atoms with Crippen LogP contribution in [0.1, 0.15) is 53.9 Å². The Morgan fingerprint density at radius 2 is 1.60 bits per heavy atom. The summed E-state index contributed by atoms with van der Waals surface area (Å²) in [6, 6.07) is 0.617. The molecule has 3 nitrogen and oxygen atoms in total. The van der Waals surface area contributed by atoms with Crippen LogP contribution in [0.25, 0.3) is 0 Å². The molecular weight excluding hydrogens is 188 g/mol. The molecule has 2 unspecified atom stereocenters. The summed E-state index contributed by atoms with van der Waals surface area (Å²) in [5.74, 6) is 0.115. The third kappa shape index (κ3) is 5.78. The summed E-state index contributed by atoms with van der Waals surface area (Å²) in [6.07, 6.45) is 3.04. The van der Waals surface area contributed by atoms with Gasteiger partial charge in [-0.15, -0.1) is 0 Å². The minimum atomic E-state index is -0.0967. The summed E-state index contributed by atoms with van der Waals surface area (Å²) in [7, 11) is 0. The summed E-state index contributed by atoms with van der Waals surface area (Å²) < 4.78 is 0. The first-order chi connectivity index (χ1) is 7.04. The Bertz CT molecular complexity index is 178. The zero-order chi connectivity index (χ0) is 11.8. The molecule has 0 saturated carbocycles. The lowest BCUT2D eigenvalue weighted by atomic mass is 10.1. The van der Waals surface area contributed by atoms with E-state index in [1.54, 1.807) is 0 Å². The van der Waals surface area contributed by atoms with Crippen LogP contribution in [0.3, 0.4) is 0 Å². The lowest BCUT2D eigenvalue weighted by Crippen LogP contribution is -2.48. The third-order valence-electron chi connectivity index (χ3n) is 2.87. The fourth-order valence-electron chi connectivity index (χ4n) is 1.44. The van der Waals surface area contributed by atoms with Crippen LogP contribution < -0.4 is 10.6 Å². The molecule has 0 spiro atoms. The number of rotatable bonds is 7. The van der Waals surface area contributed by atoms with Crippen LogP contribution in [0.2, 0.25) is 0 Å². The zero-order valence-corrected chi connectivity index (χ0v) is 10.8. The summed E-state index contributed by atoms with van der Waals surface area (Å²) in [6.45, 7) is 10.3. The van der Waals surface area contributed by atoms with Gasteiger partial charge in [-0.3, -0.25) is 4.79 Å². The van der Waals surface area contributed by atoms with Crippen LogP contribution in [0.15, 0.2) is 0 Å². The first-order valence-corrected chi connectivity index (χ1v) is 6.11. The molecule has 0 aliphatic heterocycles. The molecule has 0 heterocycles. The normalized spacial score (nSPS) is 15.1. The molecular formula is C12H26N2O. The molecule has 0 aromatic carbocycles. The fourth-order valence-corrected chi connectivity index (χ4v) is 1.44. The van der Waals surface area contributed by atoms with Gasteiger partial charge >= 0.3 is 0 Å². The standard InChI is InChI=1S/C12H26N2O/c1-6-9(4)13-10(5)12(15)14-11(7-2)8-3/h9-11,13H,6-8H2,1-5H3,(H,14,15). The lowest BCUT2D eigenvalue weighted by molar-refractivity contribution is -0.123. The molecule has 0 fully saturated rings. The van der Waals surface area contributed by atoms with Crippen molar-refractivity contribution in [1.82, 2.24) is 10.6 Å². The van der Waals surface area contributed by atoms with Crippen molar-refractivity contribution in [3.05, 3.63) is 0 Å². The Labute approximate surface area is 94.0 Å². The van der Waals surface area contributed by atoms with Gasteiger partial charge in [-0.25, -0.2) is 0 Å². The maximum absolute atomic E-state index is 11.7. The van der Waals surface area contributed by atoms with Gasteiger partial charge in [-0.05, 0) is 33.1 Å². The van der Waals surface area contributed by atoms with Crippen molar-refractivity contribution < 1.29 is 4.79 Å². The van der Waals surface area contributed by atoms with E-state index >= 15 is 0 Å². The quantitative estimate of drug-likeness (QED) is 0.681. The number of hydrogen-bond donors (Lipinski definition) is 2. The third-order valence-corrected chi connectivity index (χ3v) is 2.87. The molecule has 0 bridgehead atoms. The van der Waals surface area contributed by atoms with Crippen LogP contribution in [0.4, 0.5) is 0 Å². The molecule has 0 radical (unpaired) electrons. The second-order valence-corrected chi connectivity index (χ2v) is 4.22. The number of hydrogen-bond acceptors (Lipinski definition) is 2. The van der Waals surface area contributed by atoms with Crippen LogP contribution in [0.5, 0.6) is 0 Å². The van der Waals surface area contributed by atoms with Gasteiger partial charge in [-0.2, -0.15) is 0 Å². The highest BCUT2D eigenvalue weighted by atomic mass is 16.2. The minimum Gasteiger partial charge on any atom is -0.352 e. The van der Waals surface area contributed by atoms with Gasteiger partial charge in [0.1, 0.15) is 0 Å². The Hall–Kier alpha value is -0.570. The van der Waals surface area contributed by atoms with E-state index in [0.717, 1.165) is 19.3 Å². The largest absolute Gasteiger partial charge is 0.352 e.